The molecule has 4 nitrogen and oxygen atoms in total. The van der Waals surface area contributed by atoms with Gasteiger partial charge in [0.15, 0.2) is 0 Å². The Bertz CT molecular complexity index is 374. The Morgan fingerprint density at radius 1 is 0.692 bits per heavy atom. The topological polar surface area (TPSA) is 77.4 Å². The predicted molar refractivity (Wildman–Crippen MR) is 105 cm³/mol. The molecule has 0 spiro atoms. The summed E-state index contributed by atoms with van der Waals surface area (Å²) >= 11 is 0. The van der Waals surface area contributed by atoms with Crippen LogP contribution in [0.4, 0.5) is 0 Å². The summed E-state index contributed by atoms with van der Waals surface area (Å²) in [4.78, 5) is 0. The Morgan fingerprint density at radius 2 is 1.00 bits per heavy atom. The van der Waals surface area contributed by atoms with Gasteiger partial charge in [0.2, 0.25) is 0 Å². The van der Waals surface area contributed by atoms with Crippen LogP contribution >= 0.6 is 0 Å². The van der Waals surface area contributed by atoms with E-state index in [1.165, 1.54) is 83.5 Å². The molecule has 0 amide bonds. The van der Waals surface area contributed by atoms with Crippen LogP contribution in [0.5, 0.6) is 0 Å². The third-order valence-electron chi connectivity index (χ3n) is 4.79. The third-order valence-corrected chi connectivity index (χ3v) is 5.58. The number of hydrogen-bond acceptors (Lipinski definition) is 4. The molecule has 0 aliphatic rings. The predicted octanol–water partition coefficient (Wildman–Crippen LogP) is 2.55. The zero-order valence-corrected chi connectivity index (χ0v) is 21.3. The maximum absolute atomic E-state index is 10.5. The molecule has 0 rings (SSSR count). The molecule has 0 aliphatic heterocycles. The first-order valence-electron chi connectivity index (χ1n) is 10.6. The van der Waals surface area contributed by atoms with E-state index < -0.39 is 22.0 Å². The van der Waals surface area contributed by atoms with Crippen LogP contribution in [-0.2, 0) is 10.1 Å². The molecule has 0 radical (unpaired) electrons. The van der Waals surface area contributed by atoms with Crippen molar-refractivity contribution >= 4 is 10.1 Å². The molecule has 26 heavy (non-hydrogen) atoms. The minimum Gasteiger partial charge on any atom is -0.748 e. The molecule has 0 saturated heterocycles. The van der Waals surface area contributed by atoms with Gasteiger partial charge in [0.25, 0.3) is 0 Å². The minimum absolute atomic E-state index is 0. The monoisotopic (exact) mass is 416 g/mol. The van der Waals surface area contributed by atoms with Crippen molar-refractivity contribution in [3.05, 3.63) is 0 Å². The van der Waals surface area contributed by atoms with Gasteiger partial charge in [-0.25, -0.2) is 8.42 Å². The summed E-state index contributed by atoms with van der Waals surface area (Å²) in [6, 6.07) is 0. The smallest absolute Gasteiger partial charge is 0.748 e. The van der Waals surface area contributed by atoms with E-state index in [0.29, 0.717) is 6.42 Å². The second-order valence-electron chi connectivity index (χ2n) is 7.47. The van der Waals surface area contributed by atoms with E-state index in [1.807, 2.05) is 0 Å². The Hall–Kier alpha value is 1.51. The molecule has 1 atom stereocenters. The van der Waals surface area contributed by atoms with Crippen LogP contribution in [0.1, 0.15) is 116 Å². The van der Waals surface area contributed by atoms with Crippen LogP contribution in [0, 0.1) is 0 Å². The normalized spacial score (nSPS) is 12.7. The standard InChI is InChI=1S/C20H42O4S.K/c1-2-3-4-5-6-7-8-9-10-11-12-13-14-15-16-17-18-20(21)19-25(22,23)24;/h20-21H,2-19H2,1H3,(H,22,23,24);/q;+1/p-1. The molecule has 6 heteroatoms. The van der Waals surface area contributed by atoms with E-state index in [0.717, 1.165) is 19.3 Å². The van der Waals surface area contributed by atoms with Crippen molar-refractivity contribution in [3.63, 3.8) is 0 Å². The number of unbranched alkanes of at least 4 members (excludes halogenated alkanes) is 15. The summed E-state index contributed by atoms with van der Waals surface area (Å²) in [5.41, 5.74) is 0. The van der Waals surface area contributed by atoms with Crippen molar-refractivity contribution in [3.8, 4) is 0 Å². The molecule has 0 fully saturated rings. The van der Waals surface area contributed by atoms with Crippen LogP contribution in [0.15, 0.2) is 0 Å². The van der Waals surface area contributed by atoms with E-state index in [9.17, 15) is 18.1 Å². The molecule has 0 aromatic rings. The zero-order chi connectivity index (χ0) is 18.8. The average Bonchev–Trinajstić information content (AvgIpc) is 2.53. The Morgan fingerprint density at radius 3 is 1.31 bits per heavy atom. The van der Waals surface area contributed by atoms with Crippen molar-refractivity contribution in [2.24, 2.45) is 0 Å². The van der Waals surface area contributed by atoms with Gasteiger partial charge in [-0.1, -0.05) is 110 Å². The maximum Gasteiger partial charge on any atom is 1.00 e. The van der Waals surface area contributed by atoms with Crippen LogP contribution < -0.4 is 51.4 Å². The summed E-state index contributed by atoms with van der Waals surface area (Å²) in [6.45, 7) is 2.26. The molecule has 1 N–H and O–H groups in total. The van der Waals surface area contributed by atoms with E-state index in [1.54, 1.807) is 0 Å². The molecular formula is C20H41KO4S. The zero-order valence-electron chi connectivity index (χ0n) is 17.4. The van der Waals surface area contributed by atoms with Gasteiger partial charge in [0, 0.05) is 0 Å². The van der Waals surface area contributed by atoms with E-state index >= 15 is 0 Å². The second kappa shape index (κ2) is 21.2. The summed E-state index contributed by atoms with van der Waals surface area (Å²) in [5.74, 6) is -0.647. The third kappa shape index (κ3) is 25.5. The minimum atomic E-state index is -4.30. The molecule has 0 saturated carbocycles. The van der Waals surface area contributed by atoms with Gasteiger partial charge in [-0.3, -0.25) is 0 Å². The quantitative estimate of drug-likeness (QED) is 0.199. The van der Waals surface area contributed by atoms with Gasteiger partial charge in [0.05, 0.1) is 22.0 Å². The SMILES string of the molecule is CCCCCCCCCCCCCCCCCCC(O)CS(=O)(=O)[O-].[K+]. The fourth-order valence-corrected chi connectivity index (χ4v) is 3.88. The summed E-state index contributed by atoms with van der Waals surface area (Å²) in [7, 11) is -4.30. The molecule has 0 heterocycles. The van der Waals surface area contributed by atoms with E-state index in [4.69, 9.17) is 0 Å². The van der Waals surface area contributed by atoms with Gasteiger partial charge >= 0.3 is 51.4 Å². The van der Waals surface area contributed by atoms with Crippen LogP contribution in [0.2, 0.25) is 0 Å². The molecular weight excluding hydrogens is 375 g/mol. The van der Waals surface area contributed by atoms with E-state index in [-0.39, 0.29) is 51.4 Å². The van der Waals surface area contributed by atoms with Gasteiger partial charge in [-0.15, -0.1) is 0 Å². The molecule has 1 unspecified atom stereocenters. The Kier molecular flexibility index (Phi) is 24.2. The van der Waals surface area contributed by atoms with Crippen molar-refractivity contribution in [2.75, 3.05) is 5.75 Å². The molecule has 0 aliphatic carbocycles. The maximum atomic E-state index is 10.5. The Labute approximate surface area is 205 Å². The van der Waals surface area contributed by atoms with Crippen molar-refractivity contribution in [2.45, 2.75) is 122 Å². The van der Waals surface area contributed by atoms with E-state index in [2.05, 4.69) is 6.92 Å². The van der Waals surface area contributed by atoms with Crippen LogP contribution in [0.25, 0.3) is 0 Å². The second-order valence-corrected chi connectivity index (χ2v) is 8.92. The number of hydrogen-bond donors (Lipinski definition) is 1. The first kappa shape index (κ1) is 29.7. The van der Waals surface area contributed by atoms with Crippen LogP contribution in [0.3, 0.4) is 0 Å². The molecule has 152 valence electrons. The summed E-state index contributed by atoms with van der Waals surface area (Å²) in [6.07, 6.45) is 20.0. The fraction of sp³-hybridized carbons (Fsp3) is 1.00. The average molecular weight is 417 g/mol. The van der Waals surface area contributed by atoms with Gasteiger partial charge in [-0.05, 0) is 6.42 Å². The number of rotatable bonds is 19. The molecule has 0 aromatic heterocycles. The Balaban J connectivity index is 0. The van der Waals surface area contributed by atoms with Gasteiger partial charge < -0.3 is 9.66 Å². The number of aliphatic hydroxyl groups excluding tert-OH is 1. The van der Waals surface area contributed by atoms with Crippen molar-refractivity contribution in [1.29, 1.82) is 0 Å². The van der Waals surface area contributed by atoms with Crippen LogP contribution in [-0.4, -0.2) is 29.9 Å². The number of aliphatic hydroxyl groups is 1. The van der Waals surface area contributed by atoms with Crippen molar-refractivity contribution in [1.82, 2.24) is 0 Å². The van der Waals surface area contributed by atoms with Gasteiger partial charge in [-0.2, -0.15) is 0 Å². The first-order valence-corrected chi connectivity index (χ1v) is 12.1. The summed E-state index contributed by atoms with van der Waals surface area (Å²) in [5, 5.41) is 9.42. The molecule has 0 aromatic carbocycles. The fourth-order valence-electron chi connectivity index (χ4n) is 3.25. The largest absolute Gasteiger partial charge is 1.00 e. The summed E-state index contributed by atoms with van der Waals surface area (Å²) < 4.78 is 31.5. The van der Waals surface area contributed by atoms with Gasteiger partial charge in [0.1, 0.15) is 0 Å². The molecule has 0 bridgehead atoms. The van der Waals surface area contributed by atoms with Crippen molar-refractivity contribution < 1.29 is 69.5 Å². The first-order chi connectivity index (χ1) is 12.0.